The molecule has 0 amide bonds. The Labute approximate surface area is 162 Å². The number of rotatable bonds is 9. The molecule has 0 unspecified atom stereocenters. The van der Waals surface area contributed by atoms with Crippen LogP contribution in [-0.2, 0) is 24.5 Å². The van der Waals surface area contributed by atoms with Crippen molar-refractivity contribution >= 4 is 22.9 Å². The first-order chi connectivity index (χ1) is 12.7. The van der Waals surface area contributed by atoms with Crippen LogP contribution in [0.2, 0.25) is 5.02 Å². The molecule has 1 aromatic heterocycles. The highest BCUT2D eigenvalue weighted by molar-refractivity contribution is 7.09. The van der Waals surface area contributed by atoms with Crippen molar-refractivity contribution in [1.82, 2.24) is 15.2 Å². The fourth-order valence-corrected chi connectivity index (χ4v) is 3.63. The molecule has 0 saturated carbocycles. The van der Waals surface area contributed by atoms with Gasteiger partial charge in [-0.2, -0.15) is 0 Å². The van der Waals surface area contributed by atoms with Crippen molar-refractivity contribution in [3.8, 4) is 5.75 Å². The molecule has 1 saturated heterocycles. The summed E-state index contributed by atoms with van der Waals surface area (Å²) in [7, 11) is 0. The molecular formula is C18H24ClN3O3S. The minimum Gasteiger partial charge on any atom is -0.486 e. The summed E-state index contributed by atoms with van der Waals surface area (Å²) in [6.45, 7) is 6.57. The third-order valence-electron chi connectivity index (χ3n) is 4.16. The molecule has 8 heteroatoms. The lowest BCUT2D eigenvalue weighted by Gasteiger charge is -2.26. The summed E-state index contributed by atoms with van der Waals surface area (Å²) in [5, 5.41) is 15.9. The highest BCUT2D eigenvalue weighted by Gasteiger charge is 2.10. The molecule has 2 aromatic rings. The fourth-order valence-electron chi connectivity index (χ4n) is 2.74. The van der Waals surface area contributed by atoms with E-state index in [1.165, 1.54) is 11.3 Å². The molecule has 6 nitrogen and oxygen atoms in total. The van der Waals surface area contributed by atoms with Gasteiger partial charge in [-0.1, -0.05) is 11.6 Å². The molecule has 0 radical (unpaired) electrons. The van der Waals surface area contributed by atoms with Gasteiger partial charge in [-0.25, -0.2) is 4.98 Å². The zero-order valence-corrected chi connectivity index (χ0v) is 16.2. The molecular weight excluding hydrogens is 374 g/mol. The van der Waals surface area contributed by atoms with Gasteiger partial charge in [0.25, 0.3) is 0 Å². The average molecular weight is 398 g/mol. The summed E-state index contributed by atoms with van der Waals surface area (Å²) in [4.78, 5) is 6.70. The van der Waals surface area contributed by atoms with E-state index in [0.29, 0.717) is 23.9 Å². The van der Waals surface area contributed by atoms with Gasteiger partial charge in [0.1, 0.15) is 17.4 Å². The number of nitrogens with zero attached hydrogens (tertiary/aromatic N) is 2. The Morgan fingerprint density at radius 2 is 2.19 bits per heavy atom. The summed E-state index contributed by atoms with van der Waals surface area (Å²) in [6, 6.07) is 5.65. The zero-order valence-electron chi connectivity index (χ0n) is 14.6. The van der Waals surface area contributed by atoms with Crippen molar-refractivity contribution in [2.24, 2.45) is 0 Å². The maximum Gasteiger partial charge on any atom is 0.140 e. The van der Waals surface area contributed by atoms with Gasteiger partial charge in [-0.15, -0.1) is 11.3 Å². The second-order valence-corrected chi connectivity index (χ2v) is 7.44. The highest BCUT2D eigenvalue weighted by atomic mass is 35.5. The van der Waals surface area contributed by atoms with Crippen LogP contribution in [0.1, 0.15) is 16.3 Å². The molecule has 142 valence electrons. The van der Waals surface area contributed by atoms with Crippen LogP contribution in [0.4, 0.5) is 0 Å². The van der Waals surface area contributed by atoms with Gasteiger partial charge in [0, 0.05) is 48.7 Å². The van der Waals surface area contributed by atoms with Crippen molar-refractivity contribution in [3.63, 3.8) is 0 Å². The normalized spacial score (nSPS) is 15.3. The molecule has 1 fully saturated rings. The van der Waals surface area contributed by atoms with Crippen LogP contribution in [0.5, 0.6) is 5.75 Å². The van der Waals surface area contributed by atoms with Crippen LogP contribution >= 0.6 is 22.9 Å². The first-order valence-electron chi connectivity index (χ1n) is 8.71. The van der Waals surface area contributed by atoms with Crippen molar-refractivity contribution < 1.29 is 14.6 Å². The van der Waals surface area contributed by atoms with E-state index in [1.54, 1.807) is 0 Å². The van der Waals surface area contributed by atoms with Gasteiger partial charge < -0.3 is 19.9 Å². The Hall–Kier alpha value is -1.22. The molecule has 1 aromatic carbocycles. The number of aliphatic hydroxyl groups excluding tert-OH is 1. The van der Waals surface area contributed by atoms with E-state index >= 15 is 0 Å². The maximum atomic E-state index is 9.10. The number of halogens is 1. The van der Waals surface area contributed by atoms with E-state index in [9.17, 15) is 0 Å². The van der Waals surface area contributed by atoms with Crippen LogP contribution in [0.25, 0.3) is 0 Å². The van der Waals surface area contributed by atoms with Crippen LogP contribution in [0, 0.1) is 0 Å². The Morgan fingerprint density at radius 1 is 1.35 bits per heavy atom. The van der Waals surface area contributed by atoms with Gasteiger partial charge in [0.15, 0.2) is 0 Å². The van der Waals surface area contributed by atoms with E-state index in [1.807, 2.05) is 23.6 Å². The van der Waals surface area contributed by atoms with Gasteiger partial charge in [-0.05, 0) is 18.2 Å². The minimum absolute atomic E-state index is 0.0459. The lowest BCUT2D eigenvalue weighted by molar-refractivity contribution is 0.0384. The van der Waals surface area contributed by atoms with E-state index in [4.69, 9.17) is 26.2 Å². The predicted octanol–water partition coefficient (Wildman–Crippen LogP) is 2.29. The molecule has 2 N–H and O–H groups in total. The van der Waals surface area contributed by atoms with E-state index in [-0.39, 0.29) is 6.61 Å². The number of aromatic nitrogens is 1. The van der Waals surface area contributed by atoms with Crippen LogP contribution in [0.15, 0.2) is 23.6 Å². The summed E-state index contributed by atoms with van der Waals surface area (Å²) >= 11 is 7.63. The summed E-state index contributed by atoms with van der Waals surface area (Å²) in [5.74, 6) is 0.800. The molecule has 0 atom stereocenters. The Balaban J connectivity index is 1.50. The van der Waals surface area contributed by atoms with Crippen molar-refractivity contribution in [1.29, 1.82) is 0 Å². The molecule has 0 aliphatic carbocycles. The third kappa shape index (κ3) is 5.90. The second-order valence-electron chi connectivity index (χ2n) is 6.06. The molecule has 3 rings (SSSR count). The number of benzene rings is 1. The summed E-state index contributed by atoms with van der Waals surface area (Å²) < 4.78 is 11.3. The lowest BCUT2D eigenvalue weighted by Crippen LogP contribution is -2.40. The lowest BCUT2D eigenvalue weighted by atomic mass is 10.2. The monoisotopic (exact) mass is 397 g/mol. The molecule has 0 spiro atoms. The van der Waals surface area contributed by atoms with Gasteiger partial charge in [0.2, 0.25) is 0 Å². The highest BCUT2D eigenvalue weighted by Crippen LogP contribution is 2.24. The zero-order chi connectivity index (χ0) is 18.2. The Kier molecular flexibility index (Phi) is 7.67. The number of ether oxygens (including phenoxy) is 2. The van der Waals surface area contributed by atoms with Crippen LogP contribution in [0.3, 0.4) is 0 Å². The number of nitrogens with one attached hydrogen (secondary N) is 1. The standard InChI is InChI=1S/C18H24ClN3O3S/c19-15-1-2-17(25-12-18-21-16(11-23)13-26-18)14(9-15)10-20-3-4-22-5-7-24-8-6-22/h1-2,9,13,20,23H,3-8,10-12H2. The van der Waals surface area contributed by atoms with Crippen molar-refractivity contribution in [2.45, 2.75) is 19.8 Å². The molecule has 1 aliphatic heterocycles. The first-order valence-corrected chi connectivity index (χ1v) is 9.96. The topological polar surface area (TPSA) is 66.9 Å². The number of aliphatic hydroxyl groups is 1. The van der Waals surface area contributed by atoms with Gasteiger partial charge in [0.05, 0.1) is 25.5 Å². The number of hydrogen-bond acceptors (Lipinski definition) is 7. The SMILES string of the molecule is OCc1csc(COc2ccc(Cl)cc2CNCCN2CCOCC2)n1. The van der Waals surface area contributed by atoms with Crippen molar-refractivity contribution in [3.05, 3.63) is 44.9 Å². The first kappa shape index (κ1) is 19.5. The largest absolute Gasteiger partial charge is 0.486 e. The van der Waals surface area contributed by atoms with Crippen LogP contribution < -0.4 is 10.1 Å². The van der Waals surface area contributed by atoms with E-state index in [0.717, 1.165) is 55.7 Å². The maximum absolute atomic E-state index is 9.10. The Bertz CT molecular complexity index is 692. The van der Waals surface area contributed by atoms with Crippen molar-refractivity contribution in [2.75, 3.05) is 39.4 Å². The Morgan fingerprint density at radius 3 is 2.96 bits per heavy atom. The van der Waals surface area contributed by atoms with E-state index < -0.39 is 0 Å². The summed E-state index contributed by atoms with van der Waals surface area (Å²) in [6.07, 6.45) is 0. The van der Waals surface area contributed by atoms with Gasteiger partial charge in [-0.3, -0.25) is 4.90 Å². The smallest absolute Gasteiger partial charge is 0.140 e. The molecule has 26 heavy (non-hydrogen) atoms. The van der Waals surface area contributed by atoms with E-state index in [2.05, 4.69) is 15.2 Å². The third-order valence-corrected chi connectivity index (χ3v) is 5.27. The fraction of sp³-hybridized carbons (Fsp3) is 0.500. The minimum atomic E-state index is -0.0459. The second kappa shape index (κ2) is 10.2. The number of morpholine rings is 1. The summed E-state index contributed by atoms with van der Waals surface area (Å²) in [5.41, 5.74) is 1.70. The molecule has 0 bridgehead atoms. The predicted molar refractivity (Wildman–Crippen MR) is 103 cm³/mol. The van der Waals surface area contributed by atoms with Crippen LogP contribution in [-0.4, -0.2) is 54.4 Å². The van der Waals surface area contributed by atoms with Gasteiger partial charge >= 0.3 is 0 Å². The quantitative estimate of drug-likeness (QED) is 0.633. The number of thiazole rings is 1. The average Bonchev–Trinajstić information content (AvgIpc) is 3.13. The molecule has 2 heterocycles. The molecule has 1 aliphatic rings. The number of hydrogen-bond donors (Lipinski definition) is 2.